The summed E-state index contributed by atoms with van der Waals surface area (Å²) in [5.74, 6) is -0.0694. The molecule has 1 amide bonds. The van der Waals surface area contributed by atoms with E-state index in [0.717, 1.165) is 62.6 Å². The average molecular weight is 502 g/mol. The zero-order chi connectivity index (χ0) is 25.0. The van der Waals surface area contributed by atoms with Gasteiger partial charge in [0.15, 0.2) is 0 Å². The maximum Gasteiger partial charge on any atom is 0.245 e. The Labute approximate surface area is 214 Å². The number of fused-ring (bicyclic) bond motifs is 2. The first kappa shape index (κ1) is 22.8. The summed E-state index contributed by atoms with van der Waals surface area (Å²) < 4.78 is 2.16. The number of piperidine rings is 1. The summed E-state index contributed by atoms with van der Waals surface area (Å²) in [5.41, 5.74) is 10.4. The predicted molar refractivity (Wildman–Crippen MR) is 142 cm³/mol. The van der Waals surface area contributed by atoms with Crippen molar-refractivity contribution in [2.45, 2.75) is 38.6 Å². The normalized spacial score (nSPS) is 22.1. The van der Waals surface area contributed by atoms with Gasteiger partial charge in [-0.3, -0.25) is 20.0 Å². The number of carbonyl (C=O) groups is 1. The van der Waals surface area contributed by atoms with Crippen LogP contribution < -0.4 is 5.43 Å². The molecule has 0 spiro atoms. The van der Waals surface area contributed by atoms with E-state index in [1.807, 2.05) is 30.3 Å². The van der Waals surface area contributed by atoms with Crippen molar-refractivity contribution in [3.63, 3.8) is 0 Å². The molecule has 2 aliphatic heterocycles. The lowest BCUT2D eigenvalue weighted by atomic mass is 9.78. The SMILES string of the molecule is C=CC(=O)N1CCC(n2nc(-c3ccc4[nH]ncc4c3)c(C3C(Cl)=C(C)C=C4NN=CC43)c2C)CC1. The Morgan fingerprint density at radius 3 is 2.83 bits per heavy atom. The number of benzene rings is 1. The first-order valence-electron chi connectivity index (χ1n) is 12.3. The molecular formula is C27H28ClN7O. The number of nitrogens with zero attached hydrogens (tertiary/aromatic N) is 5. The molecule has 0 radical (unpaired) electrons. The van der Waals surface area contributed by atoms with Crippen molar-refractivity contribution in [3.8, 4) is 11.3 Å². The standard InChI is InChI=1S/C27H28ClN7O/c1-4-23(36)34-9-7-19(8-10-34)35-16(3)24(25-20-14-30-32-22(20)11-15(2)26(25)28)27(33-35)17-5-6-21-18(12-17)13-29-31-21/h4-6,11-14,19-20,25,32H,1,7-10H2,2-3H3,(H,29,31). The molecule has 184 valence electrons. The van der Waals surface area contributed by atoms with E-state index in [1.54, 1.807) is 0 Å². The van der Waals surface area contributed by atoms with E-state index in [0.29, 0.717) is 13.1 Å². The van der Waals surface area contributed by atoms with Gasteiger partial charge in [0.2, 0.25) is 5.91 Å². The second kappa shape index (κ2) is 8.78. The number of carbonyl (C=O) groups excluding carboxylic acids is 1. The van der Waals surface area contributed by atoms with Gasteiger partial charge in [0.25, 0.3) is 0 Å². The number of aromatic nitrogens is 4. The molecule has 2 unspecified atom stereocenters. The highest BCUT2D eigenvalue weighted by atomic mass is 35.5. The van der Waals surface area contributed by atoms with Gasteiger partial charge >= 0.3 is 0 Å². The molecule has 1 aromatic carbocycles. The Bertz CT molecular complexity index is 1470. The van der Waals surface area contributed by atoms with Crippen molar-refractivity contribution >= 4 is 34.6 Å². The maximum absolute atomic E-state index is 12.1. The van der Waals surface area contributed by atoms with Crippen LogP contribution in [-0.4, -0.2) is 50.1 Å². The molecular weight excluding hydrogens is 474 g/mol. The third kappa shape index (κ3) is 3.59. The van der Waals surface area contributed by atoms with Crippen molar-refractivity contribution in [1.82, 2.24) is 30.3 Å². The highest BCUT2D eigenvalue weighted by molar-refractivity contribution is 6.31. The van der Waals surface area contributed by atoms with Crippen LogP contribution in [-0.2, 0) is 4.79 Å². The summed E-state index contributed by atoms with van der Waals surface area (Å²) in [6.45, 7) is 9.20. The third-order valence-corrected chi connectivity index (χ3v) is 8.22. The van der Waals surface area contributed by atoms with Crippen LogP contribution in [0, 0.1) is 12.8 Å². The van der Waals surface area contributed by atoms with Gasteiger partial charge in [-0.25, -0.2) is 0 Å². The molecule has 0 bridgehead atoms. The van der Waals surface area contributed by atoms with E-state index in [-0.39, 0.29) is 23.8 Å². The minimum absolute atomic E-state index is 0.0117. The maximum atomic E-state index is 12.1. The largest absolute Gasteiger partial charge is 0.339 e. The van der Waals surface area contributed by atoms with Gasteiger partial charge in [0.1, 0.15) is 0 Å². The van der Waals surface area contributed by atoms with Gasteiger partial charge < -0.3 is 4.90 Å². The van der Waals surface area contributed by atoms with Crippen LogP contribution in [0.25, 0.3) is 22.2 Å². The van der Waals surface area contributed by atoms with Gasteiger partial charge in [-0.15, -0.1) is 0 Å². The lowest BCUT2D eigenvalue weighted by molar-refractivity contribution is -0.127. The fraction of sp³-hybridized carbons (Fsp3) is 0.333. The smallest absolute Gasteiger partial charge is 0.245 e. The molecule has 9 heteroatoms. The number of amides is 1. The van der Waals surface area contributed by atoms with Gasteiger partial charge in [-0.2, -0.15) is 15.3 Å². The quantitative estimate of drug-likeness (QED) is 0.503. The van der Waals surface area contributed by atoms with Crippen molar-refractivity contribution in [2.75, 3.05) is 13.1 Å². The second-order valence-corrected chi connectivity index (χ2v) is 10.2. The van der Waals surface area contributed by atoms with Crippen LogP contribution in [0.15, 0.2) is 64.5 Å². The van der Waals surface area contributed by atoms with Crippen molar-refractivity contribution in [1.29, 1.82) is 0 Å². The van der Waals surface area contributed by atoms with Crippen LogP contribution in [0.5, 0.6) is 0 Å². The molecule has 4 heterocycles. The van der Waals surface area contributed by atoms with Crippen LogP contribution in [0.3, 0.4) is 0 Å². The predicted octanol–water partition coefficient (Wildman–Crippen LogP) is 4.78. The molecule has 36 heavy (non-hydrogen) atoms. The number of halogens is 1. The monoisotopic (exact) mass is 501 g/mol. The average Bonchev–Trinajstić information content (AvgIpc) is 3.63. The first-order valence-corrected chi connectivity index (χ1v) is 12.6. The molecule has 3 aliphatic rings. The molecule has 1 saturated heterocycles. The van der Waals surface area contributed by atoms with Crippen LogP contribution in [0.1, 0.15) is 43.0 Å². The summed E-state index contributed by atoms with van der Waals surface area (Å²) in [6, 6.07) is 6.46. The van der Waals surface area contributed by atoms with Crippen LogP contribution in [0.4, 0.5) is 0 Å². The number of likely N-dealkylation sites (tertiary alicyclic amines) is 1. The fourth-order valence-corrected chi connectivity index (χ4v) is 6.07. The number of rotatable bonds is 4. The minimum atomic E-state index is -0.0864. The Kier molecular flexibility index (Phi) is 5.56. The Balaban J connectivity index is 1.47. The van der Waals surface area contributed by atoms with Crippen molar-refractivity contribution in [3.05, 3.63) is 70.7 Å². The molecule has 8 nitrogen and oxygen atoms in total. The third-order valence-electron chi connectivity index (χ3n) is 7.69. The summed E-state index contributed by atoms with van der Waals surface area (Å²) in [6.07, 6.45) is 8.94. The van der Waals surface area contributed by atoms with Crippen LogP contribution >= 0.6 is 11.6 Å². The number of hydrazone groups is 1. The van der Waals surface area contributed by atoms with Crippen molar-refractivity contribution < 1.29 is 4.79 Å². The molecule has 2 atom stereocenters. The summed E-state index contributed by atoms with van der Waals surface area (Å²) in [5, 5.41) is 18.7. The van der Waals surface area contributed by atoms with E-state index in [2.05, 4.69) is 57.1 Å². The number of hydrogen-bond acceptors (Lipinski definition) is 5. The number of allylic oxidation sites excluding steroid dienone is 4. The van der Waals surface area contributed by atoms with Gasteiger partial charge in [-0.05, 0) is 56.5 Å². The van der Waals surface area contributed by atoms with E-state index < -0.39 is 0 Å². The fourth-order valence-electron chi connectivity index (χ4n) is 5.77. The lowest BCUT2D eigenvalue weighted by Gasteiger charge is -2.32. The molecule has 2 aromatic heterocycles. The van der Waals surface area contributed by atoms with Crippen molar-refractivity contribution in [2.24, 2.45) is 11.0 Å². The van der Waals surface area contributed by atoms with E-state index in [9.17, 15) is 4.79 Å². The van der Waals surface area contributed by atoms with Gasteiger partial charge in [0, 0.05) is 64.1 Å². The van der Waals surface area contributed by atoms with E-state index >= 15 is 0 Å². The Morgan fingerprint density at radius 2 is 2.06 bits per heavy atom. The molecule has 1 fully saturated rings. The highest BCUT2D eigenvalue weighted by Crippen LogP contribution is 2.48. The van der Waals surface area contributed by atoms with Gasteiger partial charge in [0.05, 0.1) is 23.4 Å². The number of H-pyrrole nitrogens is 1. The first-order chi connectivity index (χ1) is 17.5. The number of aromatic amines is 1. The zero-order valence-corrected chi connectivity index (χ0v) is 21.1. The Hall–Kier alpha value is -3.65. The lowest BCUT2D eigenvalue weighted by Crippen LogP contribution is -2.38. The highest BCUT2D eigenvalue weighted by Gasteiger charge is 2.39. The molecule has 3 aromatic rings. The summed E-state index contributed by atoms with van der Waals surface area (Å²) in [7, 11) is 0. The molecule has 1 aliphatic carbocycles. The summed E-state index contributed by atoms with van der Waals surface area (Å²) in [4.78, 5) is 14.0. The molecule has 6 rings (SSSR count). The minimum Gasteiger partial charge on any atom is -0.339 e. The van der Waals surface area contributed by atoms with E-state index in [1.165, 1.54) is 6.08 Å². The topological polar surface area (TPSA) is 91.2 Å². The number of nitrogens with one attached hydrogen (secondary N) is 2. The molecule has 0 saturated carbocycles. The Morgan fingerprint density at radius 1 is 1.25 bits per heavy atom. The van der Waals surface area contributed by atoms with Crippen LogP contribution in [0.2, 0.25) is 0 Å². The van der Waals surface area contributed by atoms with E-state index in [4.69, 9.17) is 16.7 Å². The zero-order valence-electron chi connectivity index (χ0n) is 20.3. The second-order valence-electron chi connectivity index (χ2n) is 9.75. The molecule has 2 N–H and O–H groups in total. The summed E-state index contributed by atoms with van der Waals surface area (Å²) >= 11 is 7.05. The number of hydrogen-bond donors (Lipinski definition) is 2. The van der Waals surface area contributed by atoms with Gasteiger partial charge in [-0.1, -0.05) is 24.2 Å².